The lowest BCUT2D eigenvalue weighted by Gasteiger charge is -2.03. The molecule has 0 spiro atoms. The van der Waals surface area contributed by atoms with E-state index in [4.69, 9.17) is 5.73 Å². The van der Waals surface area contributed by atoms with Gasteiger partial charge in [0.25, 0.3) is 0 Å². The highest BCUT2D eigenvalue weighted by atomic mass is 32.2. The Balaban J connectivity index is 0. The Labute approximate surface area is 105 Å². The lowest BCUT2D eigenvalue weighted by atomic mass is 10.1. The molecule has 0 bridgehead atoms. The molecular formula is C10H27N3S2. The van der Waals surface area contributed by atoms with Gasteiger partial charge < -0.3 is 5.73 Å². The highest BCUT2D eigenvalue weighted by molar-refractivity contribution is 7.99. The van der Waals surface area contributed by atoms with Gasteiger partial charge in [0, 0.05) is 4.58 Å². The number of hydrogen-bond acceptors (Lipinski definition) is 5. The van der Waals surface area contributed by atoms with Crippen LogP contribution in [0.4, 0.5) is 0 Å². The fraction of sp³-hybridized carbons (Fsp3) is 1.00. The first kappa shape index (κ1) is 18.0. The molecule has 0 aromatic heterocycles. The predicted octanol–water partition coefficient (Wildman–Crippen LogP) is 2.07. The smallest absolute Gasteiger partial charge is 0.0442 e. The van der Waals surface area contributed by atoms with Crippen molar-refractivity contribution < 1.29 is 0 Å². The Hall–Kier alpha value is 0.580. The van der Waals surface area contributed by atoms with Crippen LogP contribution < -0.4 is 17.4 Å². The van der Waals surface area contributed by atoms with Crippen LogP contribution in [-0.2, 0) is 0 Å². The molecule has 0 saturated heterocycles. The topological polar surface area (TPSA) is 78.1 Å². The molecule has 0 aliphatic heterocycles. The molecule has 0 fully saturated rings. The van der Waals surface area contributed by atoms with Crippen molar-refractivity contribution in [3.63, 3.8) is 0 Å². The Kier molecular flexibility index (Phi) is 20.3. The van der Waals surface area contributed by atoms with Crippen LogP contribution in [-0.4, -0.2) is 11.1 Å². The van der Waals surface area contributed by atoms with E-state index in [0.717, 1.165) is 13.0 Å². The van der Waals surface area contributed by atoms with E-state index in [1.807, 2.05) is 0 Å². The third-order valence-corrected chi connectivity index (χ3v) is 2.68. The molecule has 0 aliphatic carbocycles. The van der Waals surface area contributed by atoms with Crippen LogP contribution in [0.2, 0.25) is 0 Å². The van der Waals surface area contributed by atoms with E-state index in [1.54, 1.807) is 0 Å². The van der Waals surface area contributed by atoms with E-state index in [9.17, 15) is 0 Å². The normalized spacial score (nSPS) is 10.0. The Morgan fingerprint density at radius 3 is 1.53 bits per heavy atom. The van der Waals surface area contributed by atoms with Gasteiger partial charge in [-0.2, -0.15) is 25.3 Å². The second-order valence-corrected chi connectivity index (χ2v) is 5.19. The van der Waals surface area contributed by atoms with E-state index in [0.29, 0.717) is 0 Å². The SMILES string of the molecule is NCCCCCCCCCC(S)S.NN. The molecule has 94 valence electrons. The zero-order valence-electron chi connectivity index (χ0n) is 9.57. The molecular weight excluding hydrogens is 226 g/mol. The van der Waals surface area contributed by atoms with E-state index >= 15 is 0 Å². The van der Waals surface area contributed by atoms with Crippen molar-refractivity contribution in [2.75, 3.05) is 6.54 Å². The molecule has 3 nitrogen and oxygen atoms in total. The minimum Gasteiger partial charge on any atom is -0.330 e. The summed E-state index contributed by atoms with van der Waals surface area (Å²) in [7, 11) is 0. The molecule has 0 atom stereocenters. The number of unbranched alkanes of at least 4 members (excludes halogenated alkanes) is 6. The lowest BCUT2D eigenvalue weighted by Crippen LogP contribution is -2.02. The average molecular weight is 253 g/mol. The zero-order chi connectivity index (χ0) is 11.9. The number of hydrazine groups is 1. The molecule has 0 radical (unpaired) electrons. The van der Waals surface area contributed by atoms with Gasteiger partial charge >= 0.3 is 0 Å². The summed E-state index contributed by atoms with van der Waals surface area (Å²) in [5, 5.41) is 0. The highest BCUT2D eigenvalue weighted by Crippen LogP contribution is 2.13. The summed E-state index contributed by atoms with van der Waals surface area (Å²) in [4.78, 5) is 0. The van der Waals surface area contributed by atoms with Gasteiger partial charge in [0.15, 0.2) is 0 Å². The summed E-state index contributed by atoms with van der Waals surface area (Å²) in [5.74, 6) is 8.00. The summed E-state index contributed by atoms with van der Waals surface area (Å²) in [6.45, 7) is 0.848. The van der Waals surface area contributed by atoms with Crippen LogP contribution in [0.25, 0.3) is 0 Å². The molecule has 0 amide bonds. The summed E-state index contributed by atoms with van der Waals surface area (Å²) < 4.78 is 0.275. The maximum absolute atomic E-state index is 5.41. The van der Waals surface area contributed by atoms with Crippen molar-refractivity contribution >= 4 is 25.3 Å². The van der Waals surface area contributed by atoms with Crippen molar-refractivity contribution in [1.82, 2.24) is 0 Å². The van der Waals surface area contributed by atoms with Gasteiger partial charge in [-0.1, -0.05) is 38.5 Å². The molecule has 0 heterocycles. The molecule has 6 N–H and O–H groups in total. The van der Waals surface area contributed by atoms with E-state index < -0.39 is 0 Å². The lowest BCUT2D eigenvalue weighted by molar-refractivity contribution is 0.577. The first-order chi connectivity index (χ1) is 7.27. The molecule has 15 heavy (non-hydrogen) atoms. The Bertz CT molecular complexity index is 103. The highest BCUT2D eigenvalue weighted by Gasteiger charge is 1.95. The summed E-state index contributed by atoms with van der Waals surface area (Å²) in [5.41, 5.74) is 5.41. The summed E-state index contributed by atoms with van der Waals surface area (Å²) in [6.07, 6.45) is 10.3. The number of hydrogen-bond donors (Lipinski definition) is 5. The van der Waals surface area contributed by atoms with Gasteiger partial charge in [-0.25, -0.2) is 0 Å². The van der Waals surface area contributed by atoms with Crippen LogP contribution in [0.5, 0.6) is 0 Å². The molecule has 0 rings (SSSR count). The molecule has 5 heteroatoms. The predicted molar refractivity (Wildman–Crippen MR) is 76.1 cm³/mol. The third kappa shape index (κ3) is 20.6. The number of nitrogens with two attached hydrogens (primary N) is 3. The van der Waals surface area contributed by atoms with Crippen LogP contribution in [0.3, 0.4) is 0 Å². The standard InChI is InChI=1S/C10H23NS2.H4N2/c11-9-7-5-3-1-2-4-6-8-10(12)13;1-2/h10,12-13H,1-9,11H2;1-2H2. The van der Waals surface area contributed by atoms with Crippen LogP contribution in [0, 0.1) is 0 Å². The van der Waals surface area contributed by atoms with Gasteiger partial charge in [-0.05, 0) is 19.4 Å². The van der Waals surface area contributed by atoms with Gasteiger partial charge in [-0.3, -0.25) is 11.7 Å². The van der Waals surface area contributed by atoms with Crippen molar-refractivity contribution in [3.05, 3.63) is 0 Å². The number of thiol groups is 2. The van der Waals surface area contributed by atoms with Crippen LogP contribution in [0.15, 0.2) is 0 Å². The van der Waals surface area contributed by atoms with E-state index in [1.165, 1.54) is 44.9 Å². The zero-order valence-corrected chi connectivity index (χ0v) is 11.4. The first-order valence-electron chi connectivity index (χ1n) is 5.67. The van der Waals surface area contributed by atoms with Gasteiger partial charge in [0.05, 0.1) is 0 Å². The Morgan fingerprint density at radius 1 is 0.733 bits per heavy atom. The second kappa shape index (κ2) is 17.0. The summed E-state index contributed by atoms with van der Waals surface area (Å²) >= 11 is 8.44. The Morgan fingerprint density at radius 2 is 1.13 bits per heavy atom. The quantitative estimate of drug-likeness (QED) is 0.143. The molecule has 0 aliphatic rings. The first-order valence-corrected chi connectivity index (χ1v) is 6.70. The van der Waals surface area contributed by atoms with Crippen LogP contribution >= 0.6 is 25.3 Å². The molecule has 0 unspecified atom stereocenters. The van der Waals surface area contributed by atoms with E-state index in [-0.39, 0.29) is 4.58 Å². The van der Waals surface area contributed by atoms with E-state index in [2.05, 4.69) is 36.9 Å². The molecule has 0 aromatic rings. The maximum Gasteiger partial charge on any atom is 0.0442 e. The fourth-order valence-corrected chi connectivity index (χ4v) is 1.72. The van der Waals surface area contributed by atoms with Crippen molar-refractivity contribution in [1.29, 1.82) is 0 Å². The largest absolute Gasteiger partial charge is 0.330 e. The average Bonchev–Trinajstić information content (AvgIpc) is 2.24. The molecule has 0 aromatic carbocycles. The monoisotopic (exact) mass is 253 g/mol. The summed E-state index contributed by atoms with van der Waals surface area (Å²) in [6, 6.07) is 0. The second-order valence-electron chi connectivity index (χ2n) is 3.53. The minimum atomic E-state index is 0.275. The van der Waals surface area contributed by atoms with Gasteiger partial charge in [0.2, 0.25) is 0 Å². The third-order valence-electron chi connectivity index (χ3n) is 2.17. The maximum atomic E-state index is 5.41. The van der Waals surface area contributed by atoms with Crippen LogP contribution in [0.1, 0.15) is 51.4 Å². The van der Waals surface area contributed by atoms with Gasteiger partial charge in [-0.15, -0.1) is 0 Å². The fourth-order valence-electron chi connectivity index (χ4n) is 1.36. The minimum absolute atomic E-state index is 0.275. The van der Waals surface area contributed by atoms with Gasteiger partial charge in [0.1, 0.15) is 0 Å². The number of rotatable bonds is 9. The van der Waals surface area contributed by atoms with Crippen molar-refractivity contribution in [2.45, 2.75) is 55.9 Å². The van der Waals surface area contributed by atoms with Crippen molar-refractivity contribution in [3.8, 4) is 0 Å². The van der Waals surface area contributed by atoms with Crippen molar-refractivity contribution in [2.24, 2.45) is 17.4 Å². The molecule has 0 saturated carbocycles.